The van der Waals surface area contributed by atoms with Crippen molar-refractivity contribution in [1.82, 2.24) is 35.2 Å². The quantitative estimate of drug-likeness (QED) is 0.0276. The third kappa shape index (κ3) is 5.98. The van der Waals surface area contributed by atoms with Gasteiger partial charge in [-0.3, -0.25) is 24.6 Å². The van der Waals surface area contributed by atoms with Crippen LogP contribution in [0.5, 0.6) is 0 Å². The molecule has 5 heterocycles. The summed E-state index contributed by atoms with van der Waals surface area (Å²) in [5, 5.41) is 31.7. The third-order valence-corrected chi connectivity index (χ3v) is 10.6. The van der Waals surface area contributed by atoms with Gasteiger partial charge >= 0.3 is 11.9 Å². The molecule has 0 bridgehead atoms. The molecule has 0 aliphatic carbocycles. The average Bonchev–Trinajstić information content (AvgIpc) is 3.64. The molecule has 2 saturated heterocycles. The molecule has 238 valence electrons. The lowest BCUT2D eigenvalue weighted by Crippen LogP contribution is -2.74. The van der Waals surface area contributed by atoms with Gasteiger partial charge in [-0.05, 0) is 19.9 Å². The zero-order chi connectivity index (χ0) is 32.7. The van der Waals surface area contributed by atoms with Gasteiger partial charge < -0.3 is 31.0 Å². The number of aromatic carboxylic acids is 1. The minimum atomic E-state index is -1.56. The molecule has 0 saturated carbocycles. The molecule has 0 aromatic carbocycles. The van der Waals surface area contributed by atoms with Crippen molar-refractivity contribution in [3.8, 4) is 0 Å². The lowest BCUT2D eigenvalue weighted by Gasteiger charge is -2.53. The summed E-state index contributed by atoms with van der Waals surface area (Å²) in [5.41, 5.74) is 4.49. The van der Waals surface area contributed by atoms with E-state index < -0.39 is 52.1 Å². The van der Waals surface area contributed by atoms with Crippen molar-refractivity contribution in [2.45, 2.75) is 35.9 Å². The molecular formula is C24H26N10O8S3. The number of β-lactam (4-membered cyclic amide) rings is 1. The lowest BCUT2D eigenvalue weighted by atomic mass is 9.89. The van der Waals surface area contributed by atoms with Crippen molar-refractivity contribution in [2.75, 3.05) is 23.8 Å². The van der Waals surface area contributed by atoms with E-state index in [1.165, 1.54) is 52.8 Å². The topological polar surface area (TPSA) is 270 Å². The van der Waals surface area contributed by atoms with Crippen LogP contribution in [0.25, 0.3) is 5.65 Å². The van der Waals surface area contributed by atoms with Crippen molar-refractivity contribution >= 4 is 81.0 Å². The number of carbonyl (C=O) groups is 5. The number of oxime groups is 1. The number of thioether (sulfide) groups is 2. The van der Waals surface area contributed by atoms with Crippen molar-refractivity contribution in [3.63, 3.8) is 0 Å². The fourth-order valence-electron chi connectivity index (χ4n) is 4.43. The van der Waals surface area contributed by atoms with E-state index in [0.717, 1.165) is 23.1 Å². The number of carboxylic acids is 2. The molecule has 0 radical (unpaired) electrons. The number of anilines is 1. The first-order chi connectivity index (χ1) is 21.3. The Hall–Kier alpha value is -4.47. The predicted octanol–water partition coefficient (Wildman–Crippen LogP) is -0.781. The first-order valence-corrected chi connectivity index (χ1v) is 15.8. The lowest BCUT2D eigenvalue weighted by molar-refractivity contribution is -0.157. The van der Waals surface area contributed by atoms with Gasteiger partial charge in [0.15, 0.2) is 16.5 Å². The molecule has 8 N–H and O–H groups in total. The summed E-state index contributed by atoms with van der Waals surface area (Å²) < 4.78 is 1.32. The Morgan fingerprint density at radius 3 is 2.71 bits per heavy atom. The van der Waals surface area contributed by atoms with E-state index in [1.807, 2.05) is 5.43 Å². The van der Waals surface area contributed by atoms with E-state index in [9.17, 15) is 34.2 Å². The summed E-state index contributed by atoms with van der Waals surface area (Å²) in [6.45, 7) is 2.63. The number of hydrazine groups is 1. The highest BCUT2D eigenvalue weighted by Crippen LogP contribution is 2.44. The number of thiazole rings is 1. The third-order valence-electron chi connectivity index (χ3n) is 7.00. The molecule has 2 fully saturated rings. The van der Waals surface area contributed by atoms with E-state index in [0.29, 0.717) is 5.03 Å². The molecule has 2 aliphatic heterocycles. The maximum absolute atomic E-state index is 13.3. The van der Waals surface area contributed by atoms with E-state index in [1.54, 1.807) is 6.07 Å². The summed E-state index contributed by atoms with van der Waals surface area (Å²) in [7, 11) is 0. The second-order valence-corrected chi connectivity index (χ2v) is 13.5. The Labute approximate surface area is 265 Å². The summed E-state index contributed by atoms with van der Waals surface area (Å²) in [6, 6.07) is 0.592. The van der Waals surface area contributed by atoms with E-state index in [-0.39, 0.29) is 45.8 Å². The molecule has 3 atom stereocenters. The van der Waals surface area contributed by atoms with Gasteiger partial charge in [-0.15, -0.1) is 34.9 Å². The van der Waals surface area contributed by atoms with Crippen LogP contribution in [-0.2, 0) is 24.0 Å². The van der Waals surface area contributed by atoms with Gasteiger partial charge in [-0.2, -0.15) is 5.10 Å². The number of hydrogen-bond donors (Lipinski definition) is 6. The number of aliphatic carboxylic acids is 1. The van der Waals surface area contributed by atoms with Crippen LogP contribution in [0.15, 0.2) is 34.0 Å². The Morgan fingerprint density at radius 1 is 1.31 bits per heavy atom. The number of hydrogen-bond acceptors (Lipinski definition) is 15. The molecule has 5 rings (SSSR count). The van der Waals surface area contributed by atoms with Crippen molar-refractivity contribution in [1.29, 1.82) is 0 Å². The fraction of sp³-hybridized carbons (Fsp3) is 0.375. The number of nitrogens with one attached hydrogen (secondary N) is 2. The SMILES string of the molecule is CC(C)(ON=C(C(=O)NC1C(=O)N2CC(CSc3ccnc4c(C(=O)O)cnn34)(C(=O)O)CS[C@H]12)c1csc(N)n1)C(=O)NN. The van der Waals surface area contributed by atoms with Crippen molar-refractivity contribution in [2.24, 2.45) is 16.4 Å². The molecular weight excluding hydrogens is 653 g/mol. The van der Waals surface area contributed by atoms with Crippen LogP contribution >= 0.6 is 34.9 Å². The highest BCUT2D eigenvalue weighted by molar-refractivity contribution is 8.00. The first-order valence-electron chi connectivity index (χ1n) is 12.9. The van der Waals surface area contributed by atoms with E-state index >= 15 is 0 Å². The van der Waals surface area contributed by atoms with Crippen LogP contribution in [-0.4, -0.2) is 105 Å². The summed E-state index contributed by atoms with van der Waals surface area (Å²) in [6.07, 6.45) is 2.58. The van der Waals surface area contributed by atoms with Gasteiger partial charge in [0.25, 0.3) is 11.8 Å². The molecule has 3 aromatic heterocycles. The molecule has 45 heavy (non-hydrogen) atoms. The maximum Gasteiger partial charge on any atom is 0.341 e. The van der Waals surface area contributed by atoms with E-state index in [2.05, 4.69) is 25.5 Å². The van der Waals surface area contributed by atoms with Crippen LogP contribution in [0.4, 0.5) is 5.13 Å². The predicted molar refractivity (Wildman–Crippen MR) is 161 cm³/mol. The monoisotopic (exact) mass is 678 g/mol. The molecule has 3 amide bonds. The van der Waals surface area contributed by atoms with Crippen LogP contribution in [0.2, 0.25) is 0 Å². The van der Waals surface area contributed by atoms with Gasteiger partial charge in [0.1, 0.15) is 33.1 Å². The minimum Gasteiger partial charge on any atom is -0.481 e. The second-order valence-electron chi connectivity index (χ2n) is 10.5. The number of carbonyl (C=O) groups excluding carboxylic acids is 3. The number of nitrogen functional groups attached to an aromatic ring is 1. The highest BCUT2D eigenvalue weighted by atomic mass is 32.2. The number of aromatic nitrogens is 4. The number of carboxylic acid groups (broad SMARTS) is 2. The molecule has 2 unspecified atom stereocenters. The fourth-order valence-corrected chi connectivity index (χ4v) is 7.81. The minimum absolute atomic E-state index is 0.0375. The van der Waals surface area contributed by atoms with Crippen molar-refractivity contribution < 1.29 is 39.0 Å². The smallest absolute Gasteiger partial charge is 0.341 e. The maximum atomic E-state index is 13.3. The largest absolute Gasteiger partial charge is 0.481 e. The Kier molecular flexibility index (Phi) is 8.62. The van der Waals surface area contributed by atoms with Gasteiger partial charge in [-0.25, -0.2) is 25.1 Å². The number of fused-ring (bicyclic) bond motifs is 2. The number of amides is 3. The van der Waals surface area contributed by atoms with Crippen LogP contribution in [0.3, 0.4) is 0 Å². The second kappa shape index (κ2) is 12.1. The highest BCUT2D eigenvalue weighted by Gasteiger charge is 2.57. The zero-order valence-corrected chi connectivity index (χ0v) is 25.9. The normalized spacial score (nSPS) is 21.5. The van der Waals surface area contributed by atoms with Gasteiger partial charge in [0.2, 0.25) is 11.5 Å². The molecule has 18 nitrogen and oxygen atoms in total. The van der Waals surface area contributed by atoms with Gasteiger partial charge in [0.05, 0.1) is 6.20 Å². The van der Waals surface area contributed by atoms with Crippen LogP contribution < -0.4 is 22.3 Å². The number of nitrogens with zero attached hydrogens (tertiary/aromatic N) is 6. The number of rotatable bonds is 11. The average molecular weight is 679 g/mol. The number of nitrogens with two attached hydrogens (primary N) is 2. The van der Waals surface area contributed by atoms with Crippen LogP contribution in [0.1, 0.15) is 29.9 Å². The summed E-state index contributed by atoms with van der Waals surface area (Å²) in [5.74, 6) is 0.985. The van der Waals surface area contributed by atoms with Gasteiger partial charge in [-0.1, -0.05) is 5.16 Å². The van der Waals surface area contributed by atoms with Gasteiger partial charge in [0, 0.05) is 29.6 Å². The molecule has 21 heteroatoms. The summed E-state index contributed by atoms with van der Waals surface area (Å²) >= 11 is 3.38. The molecule has 3 aromatic rings. The van der Waals surface area contributed by atoms with Crippen LogP contribution in [0, 0.1) is 5.41 Å². The molecule has 2 aliphatic rings. The first kappa shape index (κ1) is 31.9. The zero-order valence-electron chi connectivity index (χ0n) is 23.5. The Bertz CT molecular complexity index is 1740. The van der Waals surface area contributed by atoms with E-state index in [4.69, 9.17) is 16.4 Å². The molecule has 0 spiro atoms. The Balaban J connectivity index is 1.29. The summed E-state index contributed by atoms with van der Waals surface area (Å²) in [4.78, 5) is 77.4. The van der Waals surface area contributed by atoms with Crippen molar-refractivity contribution in [3.05, 3.63) is 35.1 Å². The standard InChI is InChI=1S/C24H26N10O8S3/c1-23(2,20(39)31-26)42-32-13(11-6-43-22(25)29-11)16(35)30-14-17(36)33-7-24(21(40)41,9-45-18(14)33)8-44-12-3-4-27-15-10(19(37)38)5-28-34(12)15/h3-6,14,18H,7-9,26H2,1-2H3,(H2,25,29)(H,30,35)(H,31,39)(H,37,38)(H,40,41)/t14?,18-,24?/m1/s1. The Morgan fingerprint density at radius 2 is 2.07 bits per heavy atom.